The zero-order valence-corrected chi connectivity index (χ0v) is 10.9. The molecule has 4 nitrogen and oxygen atoms in total. The molecule has 1 aliphatic rings. The molecule has 0 aliphatic carbocycles. The number of carbonyl (C=O) groups is 1. The Morgan fingerprint density at radius 3 is 3.22 bits per heavy atom. The maximum atomic E-state index is 11.8. The van der Waals surface area contributed by atoms with E-state index in [0.717, 1.165) is 25.1 Å². The molecule has 1 saturated heterocycles. The number of pyridine rings is 1. The number of carbonyl (C=O) groups excluding carboxylic acids is 1. The van der Waals surface area contributed by atoms with Gasteiger partial charge in [-0.1, -0.05) is 6.07 Å². The van der Waals surface area contributed by atoms with Crippen molar-refractivity contribution in [1.82, 2.24) is 15.6 Å². The second-order valence-electron chi connectivity index (χ2n) is 4.97. The summed E-state index contributed by atoms with van der Waals surface area (Å²) in [6, 6.07) is 3.91. The van der Waals surface area contributed by atoms with Gasteiger partial charge in [0, 0.05) is 18.8 Å². The molecule has 2 rings (SSSR count). The van der Waals surface area contributed by atoms with Crippen LogP contribution in [0, 0.1) is 5.92 Å². The minimum Gasteiger partial charge on any atom is -0.350 e. The highest BCUT2D eigenvalue weighted by molar-refractivity contribution is 5.76. The fourth-order valence-electron chi connectivity index (χ4n) is 2.33. The summed E-state index contributed by atoms with van der Waals surface area (Å²) in [5.41, 5.74) is 1.05. The fourth-order valence-corrected chi connectivity index (χ4v) is 2.33. The van der Waals surface area contributed by atoms with Crippen molar-refractivity contribution >= 4 is 5.91 Å². The van der Waals surface area contributed by atoms with Crippen LogP contribution in [-0.2, 0) is 4.79 Å². The molecule has 0 aromatic carbocycles. The SMILES string of the molecule is CC(NC(=O)CCC1CCNC1)c1cccnc1. The Balaban J connectivity index is 1.73. The first-order chi connectivity index (χ1) is 8.75. The number of amides is 1. The predicted molar refractivity (Wildman–Crippen MR) is 71.0 cm³/mol. The molecule has 0 spiro atoms. The van der Waals surface area contributed by atoms with Gasteiger partial charge in [0.2, 0.25) is 5.91 Å². The number of nitrogens with zero attached hydrogens (tertiary/aromatic N) is 1. The Bertz CT molecular complexity index is 374. The lowest BCUT2D eigenvalue weighted by molar-refractivity contribution is -0.122. The van der Waals surface area contributed by atoms with E-state index in [2.05, 4.69) is 15.6 Å². The van der Waals surface area contributed by atoms with E-state index >= 15 is 0 Å². The standard InChI is InChI=1S/C14H21N3O/c1-11(13-3-2-7-15-10-13)17-14(18)5-4-12-6-8-16-9-12/h2-3,7,10-12,16H,4-6,8-9H2,1H3,(H,17,18). The lowest BCUT2D eigenvalue weighted by Crippen LogP contribution is -2.27. The van der Waals surface area contributed by atoms with Gasteiger partial charge >= 0.3 is 0 Å². The summed E-state index contributed by atoms with van der Waals surface area (Å²) < 4.78 is 0. The molecule has 1 amide bonds. The topological polar surface area (TPSA) is 54.0 Å². The van der Waals surface area contributed by atoms with Crippen LogP contribution in [0.3, 0.4) is 0 Å². The molecule has 0 saturated carbocycles. The third-order valence-corrected chi connectivity index (χ3v) is 3.50. The van der Waals surface area contributed by atoms with Crippen molar-refractivity contribution in [3.63, 3.8) is 0 Å². The summed E-state index contributed by atoms with van der Waals surface area (Å²) in [5.74, 6) is 0.808. The summed E-state index contributed by atoms with van der Waals surface area (Å²) in [6.07, 6.45) is 6.35. The van der Waals surface area contributed by atoms with Gasteiger partial charge in [0.05, 0.1) is 6.04 Å². The Kier molecular flexibility index (Phi) is 4.70. The average molecular weight is 247 g/mol. The van der Waals surface area contributed by atoms with Crippen LogP contribution in [0.1, 0.15) is 37.8 Å². The number of hydrogen-bond acceptors (Lipinski definition) is 3. The minimum atomic E-state index is 0.0351. The predicted octanol–water partition coefficient (Wildman–Crippen LogP) is 1.65. The lowest BCUT2D eigenvalue weighted by atomic mass is 10.0. The number of nitrogens with one attached hydrogen (secondary N) is 2. The third kappa shape index (κ3) is 3.81. The minimum absolute atomic E-state index is 0.0351. The van der Waals surface area contributed by atoms with Crippen LogP contribution in [0.25, 0.3) is 0 Å². The normalized spacial score (nSPS) is 20.6. The van der Waals surface area contributed by atoms with Gasteiger partial charge in [-0.05, 0) is 50.4 Å². The van der Waals surface area contributed by atoms with Crippen molar-refractivity contribution in [2.24, 2.45) is 5.92 Å². The van der Waals surface area contributed by atoms with Crippen molar-refractivity contribution in [3.8, 4) is 0 Å². The molecule has 2 N–H and O–H groups in total. The monoisotopic (exact) mass is 247 g/mol. The second-order valence-corrected chi connectivity index (χ2v) is 4.97. The van der Waals surface area contributed by atoms with Crippen molar-refractivity contribution in [2.75, 3.05) is 13.1 Å². The first kappa shape index (κ1) is 13.0. The zero-order valence-electron chi connectivity index (χ0n) is 10.9. The first-order valence-electron chi connectivity index (χ1n) is 6.65. The number of hydrogen-bond donors (Lipinski definition) is 2. The highest BCUT2D eigenvalue weighted by Crippen LogP contribution is 2.15. The van der Waals surface area contributed by atoms with Crippen molar-refractivity contribution in [2.45, 2.75) is 32.2 Å². The Morgan fingerprint density at radius 2 is 2.56 bits per heavy atom. The van der Waals surface area contributed by atoms with Crippen molar-refractivity contribution < 1.29 is 4.79 Å². The number of rotatable bonds is 5. The van der Waals surface area contributed by atoms with Crippen LogP contribution in [0.2, 0.25) is 0 Å². The van der Waals surface area contributed by atoms with Gasteiger partial charge in [0.25, 0.3) is 0 Å². The van der Waals surface area contributed by atoms with Gasteiger partial charge in [0.1, 0.15) is 0 Å². The molecule has 1 aromatic rings. The third-order valence-electron chi connectivity index (χ3n) is 3.50. The molecule has 0 bridgehead atoms. The van der Waals surface area contributed by atoms with Crippen LogP contribution in [0.4, 0.5) is 0 Å². The van der Waals surface area contributed by atoms with E-state index in [0.29, 0.717) is 12.3 Å². The highest BCUT2D eigenvalue weighted by Gasteiger charge is 2.16. The van der Waals surface area contributed by atoms with Gasteiger partial charge in [-0.25, -0.2) is 0 Å². The summed E-state index contributed by atoms with van der Waals surface area (Å²) in [7, 11) is 0. The molecule has 18 heavy (non-hydrogen) atoms. The molecule has 2 atom stereocenters. The Labute approximate surface area is 108 Å². The Morgan fingerprint density at radius 1 is 1.67 bits per heavy atom. The molecule has 0 radical (unpaired) electrons. The molecule has 1 aromatic heterocycles. The number of aromatic nitrogens is 1. The van der Waals surface area contributed by atoms with E-state index in [1.165, 1.54) is 6.42 Å². The molecular formula is C14H21N3O. The molecule has 2 heterocycles. The lowest BCUT2D eigenvalue weighted by Gasteiger charge is -2.14. The largest absolute Gasteiger partial charge is 0.350 e. The first-order valence-corrected chi connectivity index (χ1v) is 6.65. The van der Waals surface area contributed by atoms with Crippen LogP contribution in [-0.4, -0.2) is 24.0 Å². The van der Waals surface area contributed by atoms with Gasteiger partial charge in [0.15, 0.2) is 0 Å². The van der Waals surface area contributed by atoms with E-state index in [-0.39, 0.29) is 11.9 Å². The average Bonchev–Trinajstić information content (AvgIpc) is 2.90. The van der Waals surface area contributed by atoms with Crippen LogP contribution < -0.4 is 10.6 Å². The van der Waals surface area contributed by atoms with Crippen LogP contribution in [0.15, 0.2) is 24.5 Å². The zero-order chi connectivity index (χ0) is 12.8. The molecule has 2 unspecified atom stereocenters. The van der Waals surface area contributed by atoms with Gasteiger partial charge in [-0.15, -0.1) is 0 Å². The van der Waals surface area contributed by atoms with Crippen LogP contribution >= 0.6 is 0 Å². The molecule has 98 valence electrons. The summed E-state index contributed by atoms with van der Waals surface area (Å²) in [4.78, 5) is 15.9. The van der Waals surface area contributed by atoms with E-state index in [4.69, 9.17) is 0 Å². The maximum absolute atomic E-state index is 11.8. The highest BCUT2D eigenvalue weighted by atomic mass is 16.1. The van der Waals surface area contributed by atoms with E-state index in [1.807, 2.05) is 19.1 Å². The molecule has 1 aliphatic heterocycles. The van der Waals surface area contributed by atoms with Crippen molar-refractivity contribution in [1.29, 1.82) is 0 Å². The van der Waals surface area contributed by atoms with Gasteiger partial charge in [-0.3, -0.25) is 9.78 Å². The van der Waals surface area contributed by atoms with Gasteiger partial charge in [-0.2, -0.15) is 0 Å². The summed E-state index contributed by atoms with van der Waals surface area (Å²) >= 11 is 0. The van der Waals surface area contributed by atoms with Crippen molar-refractivity contribution in [3.05, 3.63) is 30.1 Å². The summed E-state index contributed by atoms with van der Waals surface area (Å²) in [6.45, 7) is 4.15. The molecule has 1 fully saturated rings. The quantitative estimate of drug-likeness (QED) is 0.832. The van der Waals surface area contributed by atoms with Crippen LogP contribution in [0.5, 0.6) is 0 Å². The fraction of sp³-hybridized carbons (Fsp3) is 0.571. The Hall–Kier alpha value is -1.42. The van der Waals surface area contributed by atoms with E-state index in [9.17, 15) is 4.79 Å². The molecule has 4 heteroatoms. The smallest absolute Gasteiger partial charge is 0.220 e. The van der Waals surface area contributed by atoms with Gasteiger partial charge < -0.3 is 10.6 Å². The van der Waals surface area contributed by atoms with E-state index in [1.54, 1.807) is 12.4 Å². The maximum Gasteiger partial charge on any atom is 0.220 e. The molecular weight excluding hydrogens is 226 g/mol. The van der Waals surface area contributed by atoms with E-state index < -0.39 is 0 Å². The summed E-state index contributed by atoms with van der Waals surface area (Å²) in [5, 5.41) is 6.34. The second kappa shape index (κ2) is 6.50.